The molecule has 0 unspecified atom stereocenters. The molecule has 0 aliphatic carbocycles. The van der Waals surface area contributed by atoms with Crippen molar-refractivity contribution in [2.24, 2.45) is 0 Å². The fourth-order valence-electron chi connectivity index (χ4n) is 3.36. The van der Waals surface area contributed by atoms with Crippen molar-refractivity contribution in [1.29, 1.82) is 0 Å². The van der Waals surface area contributed by atoms with Gasteiger partial charge >= 0.3 is 0 Å². The Hall–Kier alpha value is -3.54. The third-order valence-corrected chi connectivity index (χ3v) is 4.82. The summed E-state index contributed by atoms with van der Waals surface area (Å²) in [5.74, 6) is 1.86. The van der Waals surface area contributed by atoms with Gasteiger partial charge in [0.2, 0.25) is 0 Å². The van der Waals surface area contributed by atoms with E-state index in [1.165, 1.54) is 14.2 Å². The summed E-state index contributed by atoms with van der Waals surface area (Å²) in [6.07, 6.45) is 0. The molecule has 0 heterocycles. The van der Waals surface area contributed by atoms with Crippen LogP contribution in [0.5, 0.6) is 34.5 Å². The van der Waals surface area contributed by atoms with Gasteiger partial charge in [0, 0.05) is 5.92 Å². The number of hydrogen-bond acceptors (Lipinski definition) is 6. The maximum absolute atomic E-state index is 10.0. The first kappa shape index (κ1) is 20.2. The van der Waals surface area contributed by atoms with Gasteiger partial charge in [-0.15, -0.1) is 0 Å². The van der Waals surface area contributed by atoms with Crippen LogP contribution < -0.4 is 18.9 Å². The molecule has 0 aromatic heterocycles. The molecule has 3 aromatic carbocycles. The van der Waals surface area contributed by atoms with Gasteiger partial charge in [0.25, 0.3) is 0 Å². The molecule has 0 aliphatic rings. The zero-order valence-electron chi connectivity index (χ0n) is 16.8. The molecule has 152 valence electrons. The molecule has 3 aromatic rings. The van der Waals surface area contributed by atoms with Crippen molar-refractivity contribution in [2.45, 2.75) is 5.92 Å². The average Bonchev–Trinajstić information content (AvgIpc) is 2.75. The first-order chi connectivity index (χ1) is 14.0. The summed E-state index contributed by atoms with van der Waals surface area (Å²) in [5, 5.41) is 20.0. The molecule has 0 spiro atoms. The van der Waals surface area contributed by atoms with Crippen LogP contribution in [-0.2, 0) is 0 Å². The van der Waals surface area contributed by atoms with Gasteiger partial charge in [-0.25, -0.2) is 0 Å². The third kappa shape index (κ3) is 4.01. The van der Waals surface area contributed by atoms with Crippen LogP contribution in [-0.4, -0.2) is 38.7 Å². The Morgan fingerprint density at radius 1 is 0.517 bits per heavy atom. The van der Waals surface area contributed by atoms with E-state index in [1.807, 2.05) is 30.3 Å². The van der Waals surface area contributed by atoms with Gasteiger partial charge in [-0.2, -0.15) is 0 Å². The number of methoxy groups -OCH3 is 4. The van der Waals surface area contributed by atoms with E-state index in [9.17, 15) is 10.2 Å². The number of rotatable bonds is 7. The van der Waals surface area contributed by atoms with Gasteiger partial charge in [0.05, 0.1) is 28.4 Å². The highest BCUT2D eigenvalue weighted by Crippen LogP contribution is 2.41. The second kappa shape index (κ2) is 8.65. The number of aromatic hydroxyl groups is 2. The Morgan fingerprint density at radius 3 is 1.31 bits per heavy atom. The van der Waals surface area contributed by atoms with E-state index in [0.29, 0.717) is 23.0 Å². The first-order valence-electron chi connectivity index (χ1n) is 8.98. The zero-order valence-corrected chi connectivity index (χ0v) is 16.8. The number of benzene rings is 3. The van der Waals surface area contributed by atoms with E-state index in [4.69, 9.17) is 18.9 Å². The van der Waals surface area contributed by atoms with E-state index < -0.39 is 0 Å². The predicted octanol–water partition coefficient (Wildman–Crippen LogP) is 4.31. The molecule has 3 rings (SSSR count). The SMILES string of the molecule is COc1cc(C(c2ccc(O)c(OC)c2)c2ccc(OC)c(OC)c2)ccc1O. The van der Waals surface area contributed by atoms with Crippen molar-refractivity contribution in [3.05, 3.63) is 71.3 Å². The summed E-state index contributed by atoms with van der Waals surface area (Å²) in [7, 11) is 6.19. The Balaban J connectivity index is 2.22. The quantitative estimate of drug-likeness (QED) is 0.580. The highest BCUT2D eigenvalue weighted by atomic mass is 16.5. The van der Waals surface area contributed by atoms with Crippen LogP contribution in [0.15, 0.2) is 54.6 Å². The standard InChI is InChI=1S/C23H24O6/c1-26-19-10-7-16(13-22(19)29-4)23(14-5-8-17(24)20(11-14)27-2)15-6-9-18(25)21(12-15)28-3/h5-13,23-25H,1-4H3. The molecule has 6 nitrogen and oxygen atoms in total. The zero-order chi connectivity index (χ0) is 21.0. The molecule has 2 N–H and O–H groups in total. The van der Waals surface area contributed by atoms with Gasteiger partial charge in [0.15, 0.2) is 34.5 Å². The summed E-state index contributed by atoms with van der Waals surface area (Å²) in [5.41, 5.74) is 2.71. The molecule has 0 saturated heterocycles. The Morgan fingerprint density at radius 2 is 0.897 bits per heavy atom. The van der Waals surface area contributed by atoms with E-state index in [1.54, 1.807) is 38.5 Å². The molecule has 0 aliphatic heterocycles. The molecule has 0 radical (unpaired) electrons. The summed E-state index contributed by atoms with van der Waals surface area (Å²) in [6.45, 7) is 0. The molecule has 0 atom stereocenters. The Kier molecular flexibility index (Phi) is 6.02. The van der Waals surface area contributed by atoms with Crippen molar-refractivity contribution < 1.29 is 29.2 Å². The van der Waals surface area contributed by atoms with Gasteiger partial charge < -0.3 is 29.2 Å². The van der Waals surface area contributed by atoms with Crippen LogP contribution in [0.1, 0.15) is 22.6 Å². The minimum absolute atomic E-state index is 0.0607. The van der Waals surface area contributed by atoms with Crippen LogP contribution in [0.25, 0.3) is 0 Å². The lowest BCUT2D eigenvalue weighted by Crippen LogP contribution is -2.05. The Labute approximate surface area is 169 Å². The van der Waals surface area contributed by atoms with Crippen molar-refractivity contribution in [3.8, 4) is 34.5 Å². The van der Waals surface area contributed by atoms with Gasteiger partial charge in [-0.3, -0.25) is 0 Å². The highest BCUT2D eigenvalue weighted by molar-refractivity contribution is 5.55. The second-order valence-electron chi connectivity index (χ2n) is 6.41. The molecular formula is C23H24O6. The highest BCUT2D eigenvalue weighted by Gasteiger charge is 2.21. The smallest absolute Gasteiger partial charge is 0.161 e. The lowest BCUT2D eigenvalue weighted by Gasteiger charge is -2.22. The van der Waals surface area contributed by atoms with E-state index in [-0.39, 0.29) is 17.4 Å². The number of ether oxygens (including phenoxy) is 4. The monoisotopic (exact) mass is 396 g/mol. The molecule has 0 fully saturated rings. The third-order valence-electron chi connectivity index (χ3n) is 4.82. The van der Waals surface area contributed by atoms with Crippen LogP contribution in [0.4, 0.5) is 0 Å². The fraction of sp³-hybridized carbons (Fsp3) is 0.217. The van der Waals surface area contributed by atoms with Gasteiger partial charge in [-0.1, -0.05) is 18.2 Å². The van der Waals surface area contributed by atoms with E-state index >= 15 is 0 Å². The second-order valence-corrected chi connectivity index (χ2v) is 6.41. The van der Waals surface area contributed by atoms with Crippen molar-refractivity contribution in [2.75, 3.05) is 28.4 Å². The maximum Gasteiger partial charge on any atom is 0.161 e. The largest absolute Gasteiger partial charge is 0.504 e. The average molecular weight is 396 g/mol. The van der Waals surface area contributed by atoms with Crippen molar-refractivity contribution in [3.63, 3.8) is 0 Å². The number of hydrogen-bond donors (Lipinski definition) is 2. The lowest BCUT2D eigenvalue weighted by atomic mass is 9.84. The minimum Gasteiger partial charge on any atom is -0.504 e. The molecule has 0 saturated carbocycles. The number of phenolic OH excluding ortho intramolecular Hbond substituents is 2. The molecule has 6 heteroatoms. The normalized spacial score (nSPS) is 10.7. The fourth-order valence-corrected chi connectivity index (χ4v) is 3.36. The summed E-state index contributed by atoms with van der Waals surface area (Å²) in [4.78, 5) is 0. The van der Waals surface area contributed by atoms with Crippen molar-refractivity contribution >= 4 is 0 Å². The first-order valence-corrected chi connectivity index (χ1v) is 8.98. The van der Waals surface area contributed by atoms with E-state index in [0.717, 1.165) is 16.7 Å². The maximum atomic E-state index is 10.0. The summed E-state index contributed by atoms with van der Waals surface area (Å²) < 4.78 is 21.4. The van der Waals surface area contributed by atoms with Gasteiger partial charge in [-0.05, 0) is 53.1 Å². The molecular weight excluding hydrogens is 372 g/mol. The van der Waals surface area contributed by atoms with Gasteiger partial charge in [0.1, 0.15) is 0 Å². The van der Waals surface area contributed by atoms with Crippen molar-refractivity contribution in [1.82, 2.24) is 0 Å². The van der Waals surface area contributed by atoms with Crippen LogP contribution in [0, 0.1) is 0 Å². The lowest BCUT2D eigenvalue weighted by molar-refractivity contribution is 0.354. The Bertz CT molecular complexity index is 945. The summed E-state index contributed by atoms with van der Waals surface area (Å²) in [6, 6.07) is 16.1. The van der Waals surface area contributed by atoms with Crippen LogP contribution in [0.2, 0.25) is 0 Å². The predicted molar refractivity (Wildman–Crippen MR) is 110 cm³/mol. The molecule has 29 heavy (non-hydrogen) atoms. The van der Waals surface area contributed by atoms with Crippen LogP contribution >= 0.6 is 0 Å². The number of phenols is 2. The molecule has 0 bridgehead atoms. The summed E-state index contributed by atoms with van der Waals surface area (Å²) >= 11 is 0. The van der Waals surface area contributed by atoms with Crippen LogP contribution in [0.3, 0.4) is 0 Å². The molecule has 0 amide bonds. The minimum atomic E-state index is -0.237. The van der Waals surface area contributed by atoms with E-state index in [2.05, 4.69) is 0 Å². The topological polar surface area (TPSA) is 77.4 Å².